The third kappa shape index (κ3) is 2.31. The second kappa shape index (κ2) is 5.06. The summed E-state index contributed by atoms with van der Waals surface area (Å²) in [6.07, 6.45) is 8.81. The Morgan fingerprint density at radius 1 is 1.00 bits per heavy atom. The Morgan fingerprint density at radius 3 is 2.10 bits per heavy atom. The molecule has 0 radical (unpaired) electrons. The van der Waals surface area contributed by atoms with Crippen LogP contribution in [0.2, 0.25) is 0 Å². The van der Waals surface area contributed by atoms with Gasteiger partial charge in [-0.2, -0.15) is 0 Å². The predicted octanol–water partition coefficient (Wildman–Crippen LogP) is 4.32. The zero-order valence-electron chi connectivity index (χ0n) is 12.1. The molecule has 4 bridgehead atoms. The predicted molar refractivity (Wildman–Crippen MR) is 85.7 cm³/mol. The smallest absolute Gasteiger partial charge is 0.0191 e. The molecular formula is C18H25NS. The molecule has 1 atom stereocenters. The average molecular weight is 287 g/mol. The van der Waals surface area contributed by atoms with Crippen LogP contribution in [0.5, 0.6) is 0 Å². The summed E-state index contributed by atoms with van der Waals surface area (Å²) < 4.78 is 0. The van der Waals surface area contributed by atoms with E-state index in [1.165, 1.54) is 43.4 Å². The standard InChI is InChI=1S/C18H25NS/c19-17(12-20-16-4-2-1-3-5-16)18-9-13-6-14(10-18)8-15(7-13)11-18/h1-5,13-15,17H,6-12,19H2. The van der Waals surface area contributed by atoms with E-state index in [9.17, 15) is 0 Å². The van der Waals surface area contributed by atoms with E-state index in [2.05, 4.69) is 30.3 Å². The molecule has 1 nitrogen and oxygen atoms in total. The maximum Gasteiger partial charge on any atom is 0.0191 e. The van der Waals surface area contributed by atoms with E-state index in [-0.39, 0.29) is 0 Å². The first-order valence-electron chi connectivity index (χ1n) is 8.17. The van der Waals surface area contributed by atoms with Gasteiger partial charge >= 0.3 is 0 Å². The fourth-order valence-electron chi connectivity index (χ4n) is 5.51. The molecule has 0 saturated heterocycles. The molecule has 4 aliphatic rings. The van der Waals surface area contributed by atoms with Crippen molar-refractivity contribution >= 4 is 11.8 Å². The summed E-state index contributed by atoms with van der Waals surface area (Å²) in [5, 5.41) is 0. The quantitative estimate of drug-likeness (QED) is 0.835. The van der Waals surface area contributed by atoms with E-state index in [1.807, 2.05) is 11.8 Å². The van der Waals surface area contributed by atoms with Gasteiger partial charge in [0.25, 0.3) is 0 Å². The molecular weight excluding hydrogens is 262 g/mol. The van der Waals surface area contributed by atoms with E-state index in [0.717, 1.165) is 23.5 Å². The highest BCUT2D eigenvalue weighted by Crippen LogP contribution is 2.61. The van der Waals surface area contributed by atoms with Gasteiger partial charge in [0.1, 0.15) is 0 Å². The van der Waals surface area contributed by atoms with E-state index in [4.69, 9.17) is 5.73 Å². The van der Waals surface area contributed by atoms with Gasteiger partial charge in [-0.3, -0.25) is 0 Å². The topological polar surface area (TPSA) is 26.0 Å². The van der Waals surface area contributed by atoms with Crippen molar-refractivity contribution in [3.05, 3.63) is 30.3 Å². The zero-order valence-corrected chi connectivity index (χ0v) is 12.9. The summed E-state index contributed by atoms with van der Waals surface area (Å²) >= 11 is 1.95. The maximum atomic E-state index is 6.70. The lowest BCUT2D eigenvalue weighted by atomic mass is 9.48. The SMILES string of the molecule is NC(CSc1ccccc1)C12CC3CC(CC(C3)C1)C2. The minimum Gasteiger partial charge on any atom is -0.326 e. The molecule has 2 heteroatoms. The molecule has 1 aromatic rings. The number of thioether (sulfide) groups is 1. The van der Waals surface area contributed by atoms with Gasteiger partial charge < -0.3 is 5.73 Å². The van der Waals surface area contributed by atoms with Crippen LogP contribution in [0.1, 0.15) is 38.5 Å². The summed E-state index contributed by atoms with van der Waals surface area (Å²) in [6.45, 7) is 0. The van der Waals surface area contributed by atoms with Crippen molar-refractivity contribution in [3.8, 4) is 0 Å². The summed E-state index contributed by atoms with van der Waals surface area (Å²) in [4.78, 5) is 1.37. The third-order valence-corrected chi connectivity index (χ3v) is 7.18. The second-order valence-corrected chi connectivity index (χ2v) is 8.60. The number of nitrogens with two attached hydrogens (primary N) is 1. The van der Waals surface area contributed by atoms with Crippen molar-refractivity contribution in [1.29, 1.82) is 0 Å². The summed E-state index contributed by atoms with van der Waals surface area (Å²) in [5.74, 6) is 4.12. The van der Waals surface area contributed by atoms with Gasteiger partial charge in [-0.05, 0) is 73.8 Å². The molecule has 1 unspecified atom stereocenters. The van der Waals surface area contributed by atoms with E-state index >= 15 is 0 Å². The highest BCUT2D eigenvalue weighted by Gasteiger charge is 2.53. The van der Waals surface area contributed by atoms with Crippen molar-refractivity contribution < 1.29 is 0 Å². The van der Waals surface area contributed by atoms with Crippen LogP contribution in [0.4, 0.5) is 0 Å². The fourth-order valence-corrected chi connectivity index (χ4v) is 6.59. The van der Waals surface area contributed by atoms with Crippen molar-refractivity contribution in [2.24, 2.45) is 28.9 Å². The normalized spacial score (nSPS) is 40.0. The second-order valence-electron chi connectivity index (χ2n) is 7.51. The molecule has 0 aromatic heterocycles. The largest absolute Gasteiger partial charge is 0.326 e. The van der Waals surface area contributed by atoms with Gasteiger partial charge in [0.15, 0.2) is 0 Å². The Hall–Kier alpha value is -0.470. The minimum absolute atomic E-state index is 0.390. The van der Waals surface area contributed by atoms with Crippen molar-refractivity contribution in [2.45, 2.75) is 49.5 Å². The van der Waals surface area contributed by atoms with Gasteiger partial charge in [0.2, 0.25) is 0 Å². The average Bonchev–Trinajstić information content (AvgIpc) is 2.44. The number of hydrogen-bond donors (Lipinski definition) is 1. The first-order valence-corrected chi connectivity index (χ1v) is 9.15. The molecule has 4 fully saturated rings. The van der Waals surface area contributed by atoms with Crippen LogP contribution in [0.15, 0.2) is 35.2 Å². The Balaban J connectivity index is 1.44. The molecule has 2 N–H and O–H groups in total. The molecule has 20 heavy (non-hydrogen) atoms. The summed E-state index contributed by atoms with van der Waals surface area (Å²) in [6, 6.07) is 11.1. The molecule has 0 aliphatic heterocycles. The third-order valence-electron chi connectivity index (χ3n) is 6.04. The van der Waals surface area contributed by atoms with Gasteiger partial charge in [-0.15, -0.1) is 11.8 Å². The minimum atomic E-state index is 0.390. The van der Waals surface area contributed by atoms with E-state index < -0.39 is 0 Å². The Morgan fingerprint density at radius 2 is 1.55 bits per heavy atom. The Labute approximate surface area is 126 Å². The highest BCUT2D eigenvalue weighted by atomic mass is 32.2. The molecule has 5 rings (SSSR count). The van der Waals surface area contributed by atoms with Crippen LogP contribution in [0, 0.1) is 23.2 Å². The first-order chi connectivity index (χ1) is 9.73. The Bertz CT molecular complexity index is 434. The van der Waals surface area contributed by atoms with Gasteiger partial charge in [0, 0.05) is 16.7 Å². The zero-order chi connectivity index (χ0) is 13.6. The molecule has 0 amide bonds. The molecule has 108 valence electrons. The maximum absolute atomic E-state index is 6.70. The summed E-state index contributed by atoms with van der Waals surface area (Å²) in [7, 11) is 0. The van der Waals surface area contributed by atoms with Gasteiger partial charge in [0.05, 0.1) is 0 Å². The van der Waals surface area contributed by atoms with Crippen molar-refractivity contribution in [2.75, 3.05) is 5.75 Å². The lowest BCUT2D eigenvalue weighted by molar-refractivity contribution is -0.0629. The van der Waals surface area contributed by atoms with Crippen LogP contribution < -0.4 is 5.73 Å². The summed E-state index contributed by atoms with van der Waals surface area (Å²) in [5.41, 5.74) is 7.20. The molecule has 0 spiro atoms. The number of rotatable bonds is 4. The first kappa shape index (κ1) is 13.2. The van der Waals surface area contributed by atoms with Crippen molar-refractivity contribution in [1.82, 2.24) is 0 Å². The fraction of sp³-hybridized carbons (Fsp3) is 0.667. The van der Waals surface area contributed by atoms with E-state index in [0.29, 0.717) is 11.5 Å². The van der Waals surface area contributed by atoms with E-state index in [1.54, 1.807) is 0 Å². The monoisotopic (exact) mass is 287 g/mol. The van der Waals surface area contributed by atoms with Crippen LogP contribution in [-0.4, -0.2) is 11.8 Å². The lowest BCUT2D eigenvalue weighted by Crippen LogP contribution is -2.55. The van der Waals surface area contributed by atoms with Crippen LogP contribution in [-0.2, 0) is 0 Å². The van der Waals surface area contributed by atoms with Crippen LogP contribution >= 0.6 is 11.8 Å². The van der Waals surface area contributed by atoms with Crippen molar-refractivity contribution in [3.63, 3.8) is 0 Å². The molecule has 1 aromatic carbocycles. The highest BCUT2D eigenvalue weighted by molar-refractivity contribution is 7.99. The molecule has 0 heterocycles. The number of hydrogen-bond acceptors (Lipinski definition) is 2. The Kier molecular flexibility index (Phi) is 3.35. The molecule has 4 saturated carbocycles. The molecule has 4 aliphatic carbocycles. The van der Waals surface area contributed by atoms with Gasteiger partial charge in [-0.25, -0.2) is 0 Å². The lowest BCUT2D eigenvalue weighted by Gasteiger charge is -2.59. The number of benzene rings is 1. The van der Waals surface area contributed by atoms with Crippen LogP contribution in [0.3, 0.4) is 0 Å². The van der Waals surface area contributed by atoms with Gasteiger partial charge in [-0.1, -0.05) is 18.2 Å². The van der Waals surface area contributed by atoms with Crippen LogP contribution in [0.25, 0.3) is 0 Å².